The molecule has 44 heteroatoms. The summed E-state index contributed by atoms with van der Waals surface area (Å²) in [5.41, 5.74) is 22.7. The first kappa shape index (κ1) is 116. The number of unbranched alkanes of at least 4 members (excludes halogenated alkanes) is 2. The number of carboxylic acids is 1. The molecular formula is C106H144N22O21S. The van der Waals surface area contributed by atoms with Crippen molar-refractivity contribution in [2.45, 2.75) is 268 Å². The van der Waals surface area contributed by atoms with E-state index in [1.54, 1.807) is 82.4 Å². The normalized spacial score (nSPS) is 23.6. The van der Waals surface area contributed by atoms with Crippen LogP contribution in [0, 0.1) is 11.8 Å². The molecule has 5 aromatic carbocycles. The second kappa shape index (κ2) is 54.1. The number of primary amides is 2. The van der Waals surface area contributed by atoms with Crippen LogP contribution in [0.25, 0.3) is 43.6 Å². The van der Waals surface area contributed by atoms with E-state index in [1.807, 2.05) is 63.2 Å². The van der Waals surface area contributed by atoms with E-state index >= 15 is 52.7 Å². The maximum Gasteiger partial charge on any atom is 0.323 e. The molecule has 3 saturated heterocycles. The summed E-state index contributed by atoms with van der Waals surface area (Å²) in [6.07, 6.45) is 0.879. The minimum atomic E-state index is -1.79. The average molecular weight is 2090 g/mol. The zero-order chi connectivity index (χ0) is 109. The molecule has 11 rings (SSSR count). The van der Waals surface area contributed by atoms with Crippen molar-refractivity contribution in [1.29, 1.82) is 0 Å². The summed E-state index contributed by atoms with van der Waals surface area (Å²) in [5, 5.41) is 65.8. The fourth-order valence-electron chi connectivity index (χ4n) is 19.7. The fraction of sp³-hybridized carbons (Fsp3) is 0.509. The zero-order valence-electron chi connectivity index (χ0n) is 86.8. The van der Waals surface area contributed by atoms with Gasteiger partial charge in [-0.25, -0.2) is 0 Å². The molecule has 8 aromatic rings. The van der Waals surface area contributed by atoms with Crippen molar-refractivity contribution in [3.63, 3.8) is 0 Å². The molecule has 6 heterocycles. The van der Waals surface area contributed by atoms with Crippen LogP contribution < -0.4 is 75.7 Å². The molecular weight excluding hydrogens is 1950 g/mol. The molecule has 3 fully saturated rings. The number of amides is 17. The SMILES string of the molecule is CCCC[C@H]1C(=O)N(C)[C@@H](CCCC)C(=O)N[C@@H](CC(C)C)C(=O)N[C@H](C(=O)NCC(N)=O)CSCC(=O)N[C@@H](Cc2ccc(O)cc2)C(=O)N(C)[C@@H](C)C(=O)N[C@@H](CC(N)=O)C(=O)N2CCC[C@H]2C(=O)N[C@@H](CNCc2ccc3c(c2)c2ccccc2n3CC)C(=O)N[C@@H](CC(C)C)C(=O)N2C[C@H](O)C[C@H]2C(=O)N[C@@H](Cc2c[nH]c3ccccc23)C(=O)N[C@@H](CCN)C(=O)N[C@@H](Cc2cn(CC(=O)O)c3ccccc23)C(=O)N1C. The molecule has 3 aliphatic heterocycles. The number of phenols is 1. The number of likely N-dealkylation sites (N-methyl/N-ethyl adjacent to an activating group) is 3. The van der Waals surface area contributed by atoms with E-state index in [4.69, 9.17) is 17.2 Å². The molecule has 150 heavy (non-hydrogen) atoms. The van der Waals surface area contributed by atoms with Crippen molar-refractivity contribution in [3.8, 4) is 5.75 Å². The number of thioether (sulfide) groups is 1. The lowest BCUT2D eigenvalue weighted by Gasteiger charge is -2.36. The highest BCUT2D eigenvalue weighted by Gasteiger charge is 2.47. The van der Waals surface area contributed by atoms with E-state index < -0.39 is 241 Å². The van der Waals surface area contributed by atoms with Crippen LogP contribution in [-0.4, -0.2) is 316 Å². The molecule has 43 nitrogen and oxygen atoms in total. The number of hydrogen-bond donors (Lipinski definition) is 18. The number of para-hydroxylation sites is 3. The lowest BCUT2D eigenvalue weighted by atomic mass is 9.99. The summed E-state index contributed by atoms with van der Waals surface area (Å²) < 4.78 is 3.63. The van der Waals surface area contributed by atoms with Crippen LogP contribution in [0.1, 0.15) is 161 Å². The van der Waals surface area contributed by atoms with Gasteiger partial charge in [-0.1, -0.05) is 140 Å². The lowest BCUT2D eigenvalue weighted by molar-refractivity contribution is -0.149. The highest BCUT2D eigenvalue weighted by atomic mass is 32.2. The summed E-state index contributed by atoms with van der Waals surface area (Å²) >= 11 is 0.790. The average Bonchev–Trinajstić information content (AvgIpc) is 1.61. The molecule has 21 N–H and O–H groups in total. The maximum atomic E-state index is 16.1. The Kier molecular flexibility index (Phi) is 41.7. The molecule has 17 amide bonds. The van der Waals surface area contributed by atoms with Crippen LogP contribution in [0.3, 0.4) is 0 Å². The van der Waals surface area contributed by atoms with Gasteiger partial charge in [0.2, 0.25) is 100 Å². The number of nitrogens with two attached hydrogens (primary N) is 3. The van der Waals surface area contributed by atoms with Gasteiger partial charge in [0.05, 0.1) is 24.8 Å². The van der Waals surface area contributed by atoms with Gasteiger partial charge in [-0.05, 0) is 142 Å². The minimum Gasteiger partial charge on any atom is -0.508 e. The number of aryl methyl sites for hydroxylation is 1. The molecule has 0 unspecified atom stereocenters. The number of aliphatic carboxylic acids is 1. The van der Waals surface area contributed by atoms with Crippen molar-refractivity contribution in [2.75, 3.05) is 65.4 Å². The summed E-state index contributed by atoms with van der Waals surface area (Å²) in [6.45, 7) is 12.4. The number of aromatic hydroxyl groups is 1. The molecule has 0 aliphatic carbocycles. The number of carbonyl (C=O) groups is 18. The van der Waals surface area contributed by atoms with Crippen molar-refractivity contribution in [3.05, 3.63) is 150 Å². The van der Waals surface area contributed by atoms with Crippen molar-refractivity contribution in [2.24, 2.45) is 29.0 Å². The molecule has 0 radical (unpaired) electrons. The van der Waals surface area contributed by atoms with Gasteiger partial charge >= 0.3 is 5.97 Å². The highest BCUT2D eigenvalue weighted by Crippen LogP contribution is 2.33. The van der Waals surface area contributed by atoms with Crippen molar-refractivity contribution in [1.82, 2.24) is 97.1 Å². The van der Waals surface area contributed by atoms with Crippen LogP contribution in [-0.2, 0) is 125 Å². The minimum absolute atomic E-state index is 0.000879. The van der Waals surface area contributed by atoms with Gasteiger partial charge in [0, 0.05) is 141 Å². The monoisotopic (exact) mass is 2090 g/mol. The Morgan fingerprint density at radius 2 is 1.07 bits per heavy atom. The number of phenolic OH excluding ortho intramolecular Hbond substituents is 1. The fourth-order valence-corrected chi connectivity index (χ4v) is 20.6. The number of aliphatic hydroxyl groups excluding tert-OH is 1. The first-order valence-corrected chi connectivity index (χ1v) is 52.4. The predicted octanol–water partition coefficient (Wildman–Crippen LogP) is 1.72. The second-order valence-corrected chi connectivity index (χ2v) is 40.8. The Hall–Kier alpha value is -14.5. The second-order valence-electron chi connectivity index (χ2n) is 39.8. The third-order valence-electron chi connectivity index (χ3n) is 27.7. The Labute approximate surface area is 874 Å². The number of aliphatic hydroxyl groups is 1. The Morgan fingerprint density at radius 1 is 0.520 bits per heavy atom. The molecule has 15 atom stereocenters. The maximum absolute atomic E-state index is 16.1. The first-order chi connectivity index (χ1) is 71.5. The van der Waals surface area contributed by atoms with Crippen molar-refractivity contribution < 1.29 is 102 Å². The number of hydrogen-bond acceptors (Lipinski definition) is 23. The van der Waals surface area contributed by atoms with E-state index in [0.29, 0.717) is 70.7 Å². The van der Waals surface area contributed by atoms with Gasteiger partial charge in [-0.2, -0.15) is 0 Å². The van der Waals surface area contributed by atoms with E-state index in [2.05, 4.69) is 68.0 Å². The third-order valence-corrected chi connectivity index (χ3v) is 28.7. The van der Waals surface area contributed by atoms with Gasteiger partial charge in [-0.15, -0.1) is 11.8 Å². The van der Waals surface area contributed by atoms with Gasteiger partial charge in [0.15, 0.2) is 0 Å². The number of carbonyl (C=O) groups excluding carboxylic acids is 17. The molecule has 3 aromatic heterocycles. The summed E-state index contributed by atoms with van der Waals surface area (Å²) in [7, 11) is 3.94. The third kappa shape index (κ3) is 30.2. The topological polar surface area (TPSA) is 620 Å². The standard InChI is InChI=1S/C106H144N22O21S/c1-12-15-28-85-99(142)115-74(42-59(4)5)96(139)121-81(94(137)112-53-90(109)132)57-150-58-91(133)113-77(45-62-33-36-66(129)37-34-62)102(145)122(9)61(8)93(136)117-79(49-89(108)131)104(147)127-41-23-32-86(127)100(143)120-80(52-110-50-63-35-38-84-71(44-63)70-26-19-22-31-83(70)126(84)14-3)98(141)118-76(43-60(6)7)105(148)128-55-67(130)48-88(128)101(144)116-75(46-64-51-111-72-27-20-17-24-68(64)72)97(140)114-73(39-40-107)95(138)119-78(103(146)124(11)87(29-16-13-2)106(149)123(85)10)47-65-54-125(56-92(134)135)82-30-21-18-25-69(65)82/h17-22,24-27,30-31,33-38,44,51,54,59-61,67,73-81,85-88,110-111,129-130H,12-16,23,28-29,32,39-43,45-50,52-53,55-58,107H2,1-11H3,(H2,108,131)(H2,109,132)(H,112,137)(H,113,133)(H,114,140)(H,115,142)(H,116,144)(H,117,136)(H,118,141)(H,119,138)(H,120,143)(H,121,139)(H,134,135)/t61-,67+,73-,74-,75-,76-,77-,78-,79-,80-,81-,85-,86-,87-,88-/m0/s1. The predicted molar refractivity (Wildman–Crippen MR) is 562 cm³/mol. The Balaban J connectivity index is 0.978. The number of rotatable bonds is 30. The van der Waals surface area contributed by atoms with E-state index in [1.165, 1.54) is 68.0 Å². The number of nitrogens with zero attached hydrogens (tertiary/aromatic N) is 7. The number of aromatic nitrogens is 3. The van der Waals surface area contributed by atoms with E-state index in [-0.39, 0.29) is 108 Å². The number of nitrogens with one attached hydrogen (secondary N) is 12. The largest absolute Gasteiger partial charge is 0.508 e. The molecule has 0 spiro atoms. The number of fused-ring (bicyclic) bond motifs is 7. The van der Waals surface area contributed by atoms with Gasteiger partial charge in [-0.3, -0.25) is 86.3 Å². The van der Waals surface area contributed by atoms with E-state index in [9.17, 15) is 48.9 Å². The van der Waals surface area contributed by atoms with Gasteiger partial charge < -0.3 is 130 Å². The number of carboxylic acid groups (broad SMARTS) is 1. The van der Waals surface area contributed by atoms with Crippen molar-refractivity contribution >= 4 is 162 Å². The van der Waals surface area contributed by atoms with Gasteiger partial charge in [0.1, 0.15) is 96.9 Å². The smallest absolute Gasteiger partial charge is 0.323 e. The number of benzene rings is 5. The zero-order valence-corrected chi connectivity index (χ0v) is 87.6. The van der Waals surface area contributed by atoms with Crippen LogP contribution in [0.2, 0.25) is 0 Å². The molecule has 810 valence electrons. The highest BCUT2D eigenvalue weighted by molar-refractivity contribution is 8.00. The molecule has 0 saturated carbocycles. The summed E-state index contributed by atoms with van der Waals surface area (Å²) in [6, 6.07) is 11.6. The van der Waals surface area contributed by atoms with E-state index in [0.717, 1.165) is 58.7 Å². The van der Waals surface area contributed by atoms with Crippen LogP contribution in [0.15, 0.2) is 128 Å². The Morgan fingerprint density at radius 3 is 1.74 bits per heavy atom. The van der Waals surface area contributed by atoms with Crippen LogP contribution in [0.4, 0.5) is 0 Å². The lowest BCUT2D eigenvalue weighted by Crippen LogP contribution is -2.62. The van der Waals surface area contributed by atoms with Gasteiger partial charge in [0.25, 0.3) is 0 Å². The summed E-state index contributed by atoms with van der Waals surface area (Å²) in [4.78, 5) is 276. The Bertz CT molecular complexity index is 6220. The quantitative estimate of drug-likeness (QED) is 0.0305. The summed E-state index contributed by atoms with van der Waals surface area (Å²) in [5.74, 6) is -18.7. The molecule has 0 bridgehead atoms. The van der Waals surface area contributed by atoms with Crippen LogP contribution >= 0.6 is 11.8 Å². The van der Waals surface area contributed by atoms with Crippen LogP contribution in [0.5, 0.6) is 5.75 Å². The number of aromatic amines is 1. The molecule has 3 aliphatic rings. The first-order valence-electron chi connectivity index (χ1n) is 51.3. The number of H-pyrrole nitrogens is 1.